The van der Waals surface area contributed by atoms with Crippen LogP contribution in [0.4, 0.5) is 0 Å². The van der Waals surface area contributed by atoms with E-state index in [1.165, 1.54) is 0 Å². The smallest absolute Gasteiger partial charge is 0.267 e. The number of aromatic amines is 1. The average Bonchev–Trinajstić information content (AvgIpc) is 2.82. The molecule has 0 unspecified atom stereocenters. The SMILES string of the molecule is CCC[C@@H](CNC(=O)c1ccc(CC)[nH]1)N(C)C. The number of aromatic nitrogens is 1. The number of carbonyl (C=O) groups is 1. The fourth-order valence-electron chi connectivity index (χ4n) is 1.96. The topological polar surface area (TPSA) is 48.1 Å². The van der Waals surface area contributed by atoms with E-state index in [9.17, 15) is 4.79 Å². The zero-order valence-corrected chi connectivity index (χ0v) is 11.9. The molecule has 4 nitrogen and oxygen atoms in total. The summed E-state index contributed by atoms with van der Waals surface area (Å²) >= 11 is 0. The Morgan fingerprint density at radius 3 is 2.61 bits per heavy atom. The molecule has 1 amide bonds. The second-order valence-corrected chi connectivity index (χ2v) is 4.87. The highest BCUT2D eigenvalue weighted by Gasteiger charge is 2.13. The Morgan fingerprint density at radius 1 is 1.39 bits per heavy atom. The number of hydrogen-bond acceptors (Lipinski definition) is 2. The van der Waals surface area contributed by atoms with Crippen LogP contribution in [0.25, 0.3) is 0 Å². The van der Waals surface area contributed by atoms with Gasteiger partial charge in [-0.05, 0) is 39.1 Å². The Bertz CT molecular complexity index is 371. The van der Waals surface area contributed by atoms with Gasteiger partial charge in [-0.3, -0.25) is 4.79 Å². The molecule has 0 saturated heterocycles. The van der Waals surface area contributed by atoms with Gasteiger partial charge in [-0.2, -0.15) is 0 Å². The Kier molecular flexibility index (Phi) is 5.92. The van der Waals surface area contributed by atoms with E-state index in [2.05, 4.69) is 43.1 Å². The molecule has 1 heterocycles. The van der Waals surface area contributed by atoms with E-state index in [1.54, 1.807) is 0 Å². The maximum Gasteiger partial charge on any atom is 0.267 e. The van der Waals surface area contributed by atoms with Crippen molar-refractivity contribution in [1.29, 1.82) is 0 Å². The first kappa shape index (κ1) is 14.8. The van der Waals surface area contributed by atoms with Crippen molar-refractivity contribution in [3.8, 4) is 0 Å². The lowest BCUT2D eigenvalue weighted by molar-refractivity contribution is 0.0936. The van der Waals surface area contributed by atoms with Gasteiger partial charge in [-0.25, -0.2) is 0 Å². The number of aryl methyl sites for hydroxylation is 1. The molecule has 4 heteroatoms. The molecule has 18 heavy (non-hydrogen) atoms. The monoisotopic (exact) mass is 251 g/mol. The van der Waals surface area contributed by atoms with Crippen LogP contribution in [0.1, 0.15) is 42.9 Å². The van der Waals surface area contributed by atoms with Crippen molar-refractivity contribution in [2.24, 2.45) is 0 Å². The van der Waals surface area contributed by atoms with Crippen molar-refractivity contribution in [3.05, 3.63) is 23.5 Å². The molecule has 0 aromatic carbocycles. The minimum Gasteiger partial charge on any atom is -0.354 e. The summed E-state index contributed by atoms with van der Waals surface area (Å²) in [6.07, 6.45) is 3.14. The predicted octanol–water partition coefficient (Wildman–Crippen LogP) is 2.04. The summed E-state index contributed by atoms with van der Waals surface area (Å²) in [6.45, 7) is 4.92. The van der Waals surface area contributed by atoms with Crippen LogP contribution in [0.3, 0.4) is 0 Å². The quantitative estimate of drug-likeness (QED) is 0.779. The molecule has 0 bridgehead atoms. The number of amides is 1. The molecule has 0 spiro atoms. The van der Waals surface area contributed by atoms with Gasteiger partial charge in [-0.1, -0.05) is 20.3 Å². The number of H-pyrrole nitrogens is 1. The summed E-state index contributed by atoms with van der Waals surface area (Å²) in [4.78, 5) is 17.2. The summed E-state index contributed by atoms with van der Waals surface area (Å²) in [6, 6.07) is 4.21. The summed E-state index contributed by atoms with van der Waals surface area (Å²) in [5.74, 6) is -0.0161. The van der Waals surface area contributed by atoms with Crippen molar-refractivity contribution in [3.63, 3.8) is 0 Å². The highest BCUT2D eigenvalue weighted by molar-refractivity contribution is 5.92. The standard InChI is InChI=1S/C14H25N3O/c1-5-7-12(17(3)4)10-15-14(18)13-9-8-11(6-2)16-13/h8-9,12,16H,5-7,10H2,1-4H3,(H,15,18)/t12-/m0/s1. The van der Waals surface area contributed by atoms with E-state index in [4.69, 9.17) is 0 Å². The van der Waals surface area contributed by atoms with Crippen LogP contribution >= 0.6 is 0 Å². The molecule has 1 rings (SSSR count). The first-order chi connectivity index (χ1) is 8.58. The van der Waals surface area contributed by atoms with Gasteiger partial charge in [0.15, 0.2) is 0 Å². The van der Waals surface area contributed by atoms with E-state index in [-0.39, 0.29) is 5.91 Å². The van der Waals surface area contributed by atoms with Crippen LogP contribution in [0, 0.1) is 0 Å². The first-order valence-corrected chi connectivity index (χ1v) is 6.71. The van der Waals surface area contributed by atoms with Gasteiger partial charge in [0.1, 0.15) is 5.69 Å². The molecule has 1 aromatic heterocycles. The third-order valence-electron chi connectivity index (χ3n) is 3.22. The molecule has 2 N–H and O–H groups in total. The molecule has 1 atom stereocenters. The largest absolute Gasteiger partial charge is 0.354 e. The lowest BCUT2D eigenvalue weighted by atomic mass is 10.1. The molecular formula is C14H25N3O. The van der Waals surface area contributed by atoms with Crippen LogP contribution in [0.2, 0.25) is 0 Å². The molecule has 102 valence electrons. The van der Waals surface area contributed by atoms with Gasteiger partial charge in [0.25, 0.3) is 5.91 Å². The van der Waals surface area contributed by atoms with Gasteiger partial charge < -0.3 is 15.2 Å². The van der Waals surface area contributed by atoms with Crippen LogP contribution in [-0.4, -0.2) is 42.5 Å². The van der Waals surface area contributed by atoms with Crippen molar-refractivity contribution in [2.75, 3.05) is 20.6 Å². The molecule has 0 radical (unpaired) electrons. The highest BCUT2D eigenvalue weighted by atomic mass is 16.1. The van der Waals surface area contributed by atoms with E-state index < -0.39 is 0 Å². The van der Waals surface area contributed by atoms with E-state index in [1.807, 2.05) is 12.1 Å². The second-order valence-electron chi connectivity index (χ2n) is 4.87. The number of likely N-dealkylation sites (N-methyl/N-ethyl adjacent to an activating group) is 1. The van der Waals surface area contributed by atoms with Gasteiger partial charge >= 0.3 is 0 Å². The zero-order chi connectivity index (χ0) is 13.5. The van der Waals surface area contributed by atoms with Gasteiger partial charge in [-0.15, -0.1) is 0 Å². The predicted molar refractivity (Wildman–Crippen MR) is 74.9 cm³/mol. The van der Waals surface area contributed by atoms with Gasteiger partial charge in [0.05, 0.1) is 0 Å². The zero-order valence-electron chi connectivity index (χ0n) is 11.9. The number of nitrogens with zero attached hydrogens (tertiary/aromatic N) is 1. The summed E-state index contributed by atoms with van der Waals surface area (Å²) in [5, 5.41) is 2.99. The molecule has 1 aromatic rings. The summed E-state index contributed by atoms with van der Waals surface area (Å²) in [5.41, 5.74) is 1.75. The van der Waals surface area contributed by atoms with Crippen LogP contribution < -0.4 is 5.32 Å². The summed E-state index contributed by atoms with van der Waals surface area (Å²) in [7, 11) is 4.10. The molecule has 0 saturated carbocycles. The van der Waals surface area contributed by atoms with Crippen molar-refractivity contribution < 1.29 is 4.79 Å². The number of rotatable bonds is 7. The Morgan fingerprint density at radius 2 is 2.11 bits per heavy atom. The number of carbonyl (C=O) groups excluding carboxylic acids is 1. The lowest BCUT2D eigenvalue weighted by Gasteiger charge is -2.23. The minimum atomic E-state index is -0.0161. The maximum absolute atomic E-state index is 11.9. The first-order valence-electron chi connectivity index (χ1n) is 6.71. The van der Waals surface area contributed by atoms with E-state index in [0.29, 0.717) is 18.3 Å². The summed E-state index contributed by atoms with van der Waals surface area (Å²) < 4.78 is 0. The fourth-order valence-corrected chi connectivity index (χ4v) is 1.96. The van der Waals surface area contributed by atoms with Crippen LogP contribution in [-0.2, 0) is 6.42 Å². The van der Waals surface area contributed by atoms with Crippen molar-refractivity contribution in [2.45, 2.75) is 39.2 Å². The van der Waals surface area contributed by atoms with Crippen molar-refractivity contribution >= 4 is 5.91 Å². The van der Waals surface area contributed by atoms with Crippen LogP contribution in [0.5, 0.6) is 0 Å². The molecule has 0 aliphatic heterocycles. The Balaban J connectivity index is 2.49. The average molecular weight is 251 g/mol. The minimum absolute atomic E-state index is 0.0161. The van der Waals surface area contributed by atoms with E-state index in [0.717, 1.165) is 25.0 Å². The van der Waals surface area contributed by atoms with Gasteiger partial charge in [0, 0.05) is 18.3 Å². The molecule has 0 aliphatic rings. The third-order valence-corrected chi connectivity index (χ3v) is 3.22. The van der Waals surface area contributed by atoms with Crippen LogP contribution in [0.15, 0.2) is 12.1 Å². The normalized spacial score (nSPS) is 12.7. The molecule has 0 aliphatic carbocycles. The fraction of sp³-hybridized carbons (Fsp3) is 0.643. The van der Waals surface area contributed by atoms with E-state index >= 15 is 0 Å². The third kappa shape index (κ3) is 4.18. The molecule has 0 fully saturated rings. The maximum atomic E-state index is 11.9. The highest BCUT2D eigenvalue weighted by Crippen LogP contribution is 2.04. The van der Waals surface area contributed by atoms with Gasteiger partial charge in [0.2, 0.25) is 0 Å². The Hall–Kier alpha value is -1.29. The Labute approximate surface area is 110 Å². The second kappa shape index (κ2) is 7.21. The van der Waals surface area contributed by atoms with Crippen molar-refractivity contribution in [1.82, 2.24) is 15.2 Å². The number of hydrogen-bond donors (Lipinski definition) is 2. The molecular weight excluding hydrogens is 226 g/mol. The number of nitrogens with one attached hydrogen (secondary N) is 2. The lowest BCUT2D eigenvalue weighted by Crippen LogP contribution is -2.40.